The van der Waals surface area contributed by atoms with Crippen molar-refractivity contribution >= 4 is 0 Å². The van der Waals surface area contributed by atoms with Crippen molar-refractivity contribution in [1.29, 1.82) is 0 Å². The molecule has 0 spiro atoms. The summed E-state index contributed by atoms with van der Waals surface area (Å²) in [5, 5.41) is 3.60. The monoisotopic (exact) mass is 184 g/mol. The molecule has 3 nitrogen and oxygen atoms in total. The Kier molecular flexibility index (Phi) is 2.86. The van der Waals surface area contributed by atoms with E-state index < -0.39 is 0 Å². The first-order valence-corrected chi connectivity index (χ1v) is 5.39. The zero-order valence-corrected chi connectivity index (χ0v) is 8.62. The van der Waals surface area contributed by atoms with Crippen LogP contribution in [0.15, 0.2) is 0 Å². The molecule has 2 rings (SSSR count). The number of rotatable bonds is 1. The van der Waals surface area contributed by atoms with E-state index in [-0.39, 0.29) is 0 Å². The number of piperazine rings is 1. The Morgan fingerprint density at radius 3 is 3.15 bits per heavy atom. The molecule has 0 amide bonds. The minimum atomic E-state index is 0.617. The zero-order chi connectivity index (χ0) is 9.26. The van der Waals surface area contributed by atoms with E-state index >= 15 is 0 Å². The highest BCUT2D eigenvalue weighted by Gasteiger charge is 2.34. The number of nitrogens with one attached hydrogen (secondary N) is 1. The van der Waals surface area contributed by atoms with Crippen LogP contribution >= 0.6 is 0 Å². The molecule has 0 saturated carbocycles. The largest absolute Gasteiger partial charge is 0.378 e. The van der Waals surface area contributed by atoms with Gasteiger partial charge in [0.25, 0.3) is 0 Å². The number of fused-ring (bicyclic) bond motifs is 1. The molecule has 0 aromatic carbocycles. The Bertz CT molecular complexity index is 174. The standard InChI is InChI=1S/C10H20N2O/c1-3-10-8(2)12-4-5-13-7-9(12)6-11-10/h8-11H,3-7H2,1-2H3. The summed E-state index contributed by atoms with van der Waals surface area (Å²) in [5.74, 6) is 0. The number of nitrogens with zero attached hydrogens (tertiary/aromatic N) is 1. The quantitative estimate of drug-likeness (QED) is 0.640. The van der Waals surface area contributed by atoms with Gasteiger partial charge in [0, 0.05) is 31.2 Å². The lowest BCUT2D eigenvalue weighted by molar-refractivity contribution is -0.0505. The van der Waals surface area contributed by atoms with Crippen LogP contribution in [0.4, 0.5) is 0 Å². The number of ether oxygens (including phenoxy) is 1. The van der Waals surface area contributed by atoms with Crippen LogP contribution in [0.2, 0.25) is 0 Å². The molecule has 2 fully saturated rings. The summed E-state index contributed by atoms with van der Waals surface area (Å²) in [6.45, 7) is 8.63. The van der Waals surface area contributed by atoms with Crippen LogP contribution in [-0.2, 0) is 4.74 Å². The summed E-state index contributed by atoms with van der Waals surface area (Å²) in [7, 11) is 0. The van der Waals surface area contributed by atoms with Crippen molar-refractivity contribution < 1.29 is 4.74 Å². The van der Waals surface area contributed by atoms with Gasteiger partial charge in [0.1, 0.15) is 0 Å². The fraction of sp³-hybridized carbons (Fsp3) is 1.00. The molecule has 13 heavy (non-hydrogen) atoms. The SMILES string of the molecule is CCC1NCC2COCCN2C1C. The third-order valence-electron chi connectivity index (χ3n) is 3.43. The fourth-order valence-electron chi connectivity index (χ4n) is 2.55. The van der Waals surface area contributed by atoms with Gasteiger partial charge in [-0.2, -0.15) is 0 Å². The second-order valence-electron chi connectivity index (χ2n) is 4.13. The Morgan fingerprint density at radius 2 is 2.38 bits per heavy atom. The van der Waals surface area contributed by atoms with Crippen molar-refractivity contribution in [1.82, 2.24) is 10.2 Å². The number of hydrogen-bond acceptors (Lipinski definition) is 3. The summed E-state index contributed by atoms with van der Waals surface area (Å²) >= 11 is 0. The van der Waals surface area contributed by atoms with Crippen LogP contribution in [0.25, 0.3) is 0 Å². The van der Waals surface area contributed by atoms with Gasteiger partial charge in [-0.3, -0.25) is 4.90 Å². The predicted molar refractivity (Wildman–Crippen MR) is 52.9 cm³/mol. The lowest BCUT2D eigenvalue weighted by Crippen LogP contribution is -2.64. The molecule has 0 aromatic rings. The lowest BCUT2D eigenvalue weighted by atomic mass is 9.98. The predicted octanol–water partition coefficient (Wildman–Crippen LogP) is 0.457. The molecular weight excluding hydrogens is 164 g/mol. The zero-order valence-electron chi connectivity index (χ0n) is 8.62. The highest BCUT2D eigenvalue weighted by Crippen LogP contribution is 2.19. The van der Waals surface area contributed by atoms with E-state index in [0.717, 1.165) is 26.3 Å². The lowest BCUT2D eigenvalue weighted by Gasteiger charge is -2.47. The van der Waals surface area contributed by atoms with Crippen LogP contribution in [0.1, 0.15) is 20.3 Å². The van der Waals surface area contributed by atoms with Gasteiger partial charge < -0.3 is 10.1 Å². The summed E-state index contributed by atoms with van der Waals surface area (Å²) in [6, 6.07) is 1.97. The Labute approximate surface area is 80.4 Å². The molecular formula is C10H20N2O. The molecule has 3 atom stereocenters. The normalized spacial score (nSPS) is 41.5. The van der Waals surface area contributed by atoms with E-state index in [1.54, 1.807) is 0 Å². The first-order chi connectivity index (χ1) is 6.33. The van der Waals surface area contributed by atoms with Gasteiger partial charge in [-0.1, -0.05) is 6.92 Å². The van der Waals surface area contributed by atoms with E-state index in [1.165, 1.54) is 6.42 Å². The van der Waals surface area contributed by atoms with Gasteiger partial charge in [-0.05, 0) is 13.3 Å². The molecule has 0 aromatic heterocycles. The summed E-state index contributed by atoms with van der Waals surface area (Å²) in [6.07, 6.45) is 1.23. The first kappa shape index (κ1) is 9.44. The van der Waals surface area contributed by atoms with Crippen LogP contribution in [0.5, 0.6) is 0 Å². The molecule has 2 aliphatic heterocycles. The van der Waals surface area contributed by atoms with E-state index in [1.807, 2.05) is 0 Å². The molecule has 0 bridgehead atoms. The fourth-order valence-corrected chi connectivity index (χ4v) is 2.55. The molecule has 2 heterocycles. The maximum Gasteiger partial charge on any atom is 0.0635 e. The minimum absolute atomic E-state index is 0.617. The average molecular weight is 184 g/mol. The van der Waals surface area contributed by atoms with Gasteiger partial charge in [-0.25, -0.2) is 0 Å². The molecule has 1 N–H and O–H groups in total. The van der Waals surface area contributed by atoms with Crippen LogP contribution in [0.3, 0.4) is 0 Å². The van der Waals surface area contributed by atoms with Gasteiger partial charge >= 0.3 is 0 Å². The smallest absolute Gasteiger partial charge is 0.0635 e. The van der Waals surface area contributed by atoms with Crippen LogP contribution in [-0.4, -0.2) is 49.3 Å². The second kappa shape index (κ2) is 3.95. The topological polar surface area (TPSA) is 24.5 Å². The van der Waals surface area contributed by atoms with Gasteiger partial charge in [-0.15, -0.1) is 0 Å². The first-order valence-electron chi connectivity index (χ1n) is 5.39. The third kappa shape index (κ3) is 1.73. The van der Waals surface area contributed by atoms with Crippen LogP contribution < -0.4 is 5.32 Å². The van der Waals surface area contributed by atoms with Crippen molar-refractivity contribution in [3.63, 3.8) is 0 Å². The highest BCUT2D eigenvalue weighted by molar-refractivity contribution is 4.92. The average Bonchev–Trinajstić information content (AvgIpc) is 2.19. The molecule has 3 unspecified atom stereocenters. The second-order valence-corrected chi connectivity index (χ2v) is 4.13. The van der Waals surface area contributed by atoms with E-state index in [2.05, 4.69) is 24.1 Å². The van der Waals surface area contributed by atoms with Gasteiger partial charge in [0.2, 0.25) is 0 Å². The van der Waals surface area contributed by atoms with Crippen LogP contribution in [0, 0.1) is 0 Å². The molecule has 0 aliphatic carbocycles. The molecule has 3 heteroatoms. The van der Waals surface area contributed by atoms with E-state index in [9.17, 15) is 0 Å². The third-order valence-corrected chi connectivity index (χ3v) is 3.43. The minimum Gasteiger partial charge on any atom is -0.378 e. The molecule has 2 aliphatic rings. The molecule has 76 valence electrons. The summed E-state index contributed by atoms with van der Waals surface area (Å²) in [5.41, 5.74) is 0. The van der Waals surface area contributed by atoms with Gasteiger partial charge in [0.15, 0.2) is 0 Å². The van der Waals surface area contributed by atoms with E-state index in [0.29, 0.717) is 18.1 Å². The van der Waals surface area contributed by atoms with Crippen molar-refractivity contribution in [3.8, 4) is 0 Å². The maximum atomic E-state index is 5.47. The Balaban J connectivity index is 2.01. The van der Waals surface area contributed by atoms with E-state index in [4.69, 9.17) is 4.74 Å². The summed E-state index contributed by atoms with van der Waals surface area (Å²) < 4.78 is 5.47. The molecule has 0 radical (unpaired) electrons. The van der Waals surface area contributed by atoms with Crippen molar-refractivity contribution in [2.75, 3.05) is 26.3 Å². The summed E-state index contributed by atoms with van der Waals surface area (Å²) in [4.78, 5) is 2.61. The van der Waals surface area contributed by atoms with Crippen molar-refractivity contribution in [2.45, 2.75) is 38.4 Å². The number of morpholine rings is 1. The maximum absolute atomic E-state index is 5.47. The Hall–Kier alpha value is -0.120. The highest BCUT2D eigenvalue weighted by atomic mass is 16.5. The number of hydrogen-bond donors (Lipinski definition) is 1. The van der Waals surface area contributed by atoms with Crippen molar-refractivity contribution in [2.24, 2.45) is 0 Å². The molecule has 2 saturated heterocycles. The Morgan fingerprint density at radius 1 is 1.54 bits per heavy atom. The van der Waals surface area contributed by atoms with Crippen molar-refractivity contribution in [3.05, 3.63) is 0 Å². The van der Waals surface area contributed by atoms with Gasteiger partial charge in [0.05, 0.1) is 13.2 Å².